The molecule has 9 heteroatoms. The van der Waals surface area contributed by atoms with Gasteiger partial charge in [-0.05, 0) is 65.5 Å². The summed E-state index contributed by atoms with van der Waals surface area (Å²) in [6.07, 6.45) is 3.15. The van der Waals surface area contributed by atoms with Crippen LogP contribution < -0.4 is 5.32 Å². The van der Waals surface area contributed by atoms with Gasteiger partial charge in [-0.25, -0.2) is 4.79 Å². The highest BCUT2D eigenvalue weighted by atomic mass is 16.5. The molecule has 9 nitrogen and oxygen atoms in total. The summed E-state index contributed by atoms with van der Waals surface area (Å²) in [5.74, 6) is 1.07. The van der Waals surface area contributed by atoms with Crippen molar-refractivity contribution >= 4 is 17.8 Å². The number of rotatable bonds is 9. The van der Waals surface area contributed by atoms with Crippen molar-refractivity contribution in [1.29, 1.82) is 0 Å². The molecule has 2 aliphatic heterocycles. The van der Waals surface area contributed by atoms with E-state index in [9.17, 15) is 14.4 Å². The Bertz CT molecular complexity index is 853. The van der Waals surface area contributed by atoms with Crippen molar-refractivity contribution in [3.05, 3.63) is 17.0 Å². The Morgan fingerprint density at radius 2 is 1.91 bits per heavy atom. The maximum atomic E-state index is 13.6. The number of likely N-dealkylation sites (N-methyl/N-ethyl adjacent to an activating group) is 1. The summed E-state index contributed by atoms with van der Waals surface area (Å²) >= 11 is 0. The minimum atomic E-state index is -0.871. The van der Waals surface area contributed by atoms with Crippen molar-refractivity contribution < 1.29 is 18.9 Å². The van der Waals surface area contributed by atoms with E-state index < -0.39 is 5.54 Å². The zero-order valence-corrected chi connectivity index (χ0v) is 20.9. The van der Waals surface area contributed by atoms with Crippen LogP contribution in [0.2, 0.25) is 0 Å². The lowest BCUT2D eigenvalue weighted by Gasteiger charge is -2.41. The van der Waals surface area contributed by atoms with E-state index in [-0.39, 0.29) is 30.2 Å². The first kappa shape index (κ1) is 25.2. The Kier molecular flexibility index (Phi) is 7.82. The summed E-state index contributed by atoms with van der Waals surface area (Å²) in [5.41, 5.74) is 0.732. The fourth-order valence-corrected chi connectivity index (χ4v) is 4.95. The molecule has 0 saturated carbocycles. The van der Waals surface area contributed by atoms with Crippen LogP contribution >= 0.6 is 0 Å². The Morgan fingerprint density at radius 3 is 2.45 bits per heavy atom. The number of aryl methyl sites for hydroxylation is 2. The van der Waals surface area contributed by atoms with Crippen LogP contribution in [0, 0.1) is 25.7 Å². The lowest BCUT2D eigenvalue weighted by Crippen LogP contribution is -2.57. The van der Waals surface area contributed by atoms with Crippen LogP contribution in [0.25, 0.3) is 0 Å². The molecule has 184 valence electrons. The maximum Gasteiger partial charge on any atom is 0.325 e. The summed E-state index contributed by atoms with van der Waals surface area (Å²) in [4.78, 5) is 44.5. The smallest absolute Gasteiger partial charge is 0.325 e. The summed E-state index contributed by atoms with van der Waals surface area (Å²) in [7, 11) is 3.86. The van der Waals surface area contributed by atoms with Gasteiger partial charge in [0.25, 0.3) is 5.91 Å². The Hall–Kier alpha value is -2.42. The van der Waals surface area contributed by atoms with E-state index in [1.54, 1.807) is 0 Å². The van der Waals surface area contributed by atoms with E-state index >= 15 is 0 Å². The zero-order valence-electron chi connectivity index (χ0n) is 20.9. The van der Waals surface area contributed by atoms with Crippen LogP contribution in [0.15, 0.2) is 4.52 Å². The number of imide groups is 1. The molecule has 0 aliphatic carbocycles. The van der Waals surface area contributed by atoms with Crippen molar-refractivity contribution in [2.75, 3.05) is 40.3 Å². The molecular formula is C24H39N5O4. The molecule has 2 fully saturated rings. The lowest BCUT2D eigenvalue weighted by atomic mass is 9.73. The SMILES string of the molecule is Cc1noc(C)c1CC(=O)N1CCC(C2(CCC(C)C)NC(=O)N(CCN(C)C)C2=O)CC1. The first-order valence-corrected chi connectivity index (χ1v) is 12.0. The number of aromatic nitrogens is 1. The molecule has 1 unspecified atom stereocenters. The number of likely N-dealkylation sites (tertiary alicyclic amines) is 1. The fourth-order valence-electron chi connectivity index (χ4n) is 4.95. The Labute approximate surface area is 196 Å². The molecule has 0 aromatic carbocycles. The second-order valence-electron chi connectivity index (χ2n) is 10.2. The van der Waals surface area contributed by atoms with Crippen LogP contribution in [0.3, 0.4) is 0 Å². The van der Waals surface area contributed by atoms with E-state index in [0.717, 1.165) is 17.7 Å². The normalized spacial score (nSPS) is 22.1. The quantitative estimate of drug-likeness (QED) is 0.567. The summed E-state index contributed by atoms with van der Waals surface area (Å²) in [6, 6.07) is -0.289. The van der Waals surface area contributed by atoms with Gasteiger partial charge in [0.2, 0.25) is 5.91 Å². The van der Waals surface area contributed by atoms with Crippen LogP contribution in [-0.2, 0) is 16.0 Å². The molecule has 0 radical (unpaired) electrons. The van der Waals surface area contributed by atoms with E-state index in [2.05, 4.69) is 24.3 Å². The summed E-state index contributed by atoms with van der Waals surface area (Å²) in [5, 5.41) is 7.05. The third kappa shape index (κ3) is 5.39. The molecule has 3 heterocycles. The highest BCUT2D eigenvalue weighted by Gasteiger charge is 2.55. The minimum absolute atomic E-state index is 0.0140. The van der Waals surface area contributed by atoms with Crippen molar-refractivity contribution in [1.82, 2.24) is 25.2 Å². The molecule has 3 rings (SSSR count). The highest BCUT2D eigenvalue weighted by molar-refractivity contribution is 6.07. The van der Waals surface area contributed by atoms with Crippen molar-refractivity contribution in [3.63, 3.8) is 0 Å². The average molecular weight is 462 g/mol. The monoisotopic (exact) mass is 461 g/mol. The molecule has 1 atom stereocenters. The summed E-state index contributed by atoms with van der Waals surface area (Å²) in [6.45, 7) is 10.1. The largest absolute Gasteiger partial charge is 0.361 e. The predicted octanol–water partition coefficient (Wildman–Crippen LogP) is 2.36. The minimum Gasteiger partial charge on any atom is -0.361 e. The first-order chi connectivity index (χ1) is 15.5. The number of amides is 4. The van der Waals surface area contributed by atoms with Crippen LogP contribution in [-0.4, -0.2) is 83.5 Å². The van der Waals surface area contributed by atoms with Gasteiger partial charge in [-0.3, -0.25) is 14.5 Å². The molecular weight excluding hydrogens is 422 g/mol. The molecule has 2 saturated heterocycles. The number of nitrogens with zero attached hydrogens (tertiary/aromatic N) is 4. The number of carbonyl (C=O) groups excluding carboxylic acids is 3. The second-order valence-corrected chi connectivity index (χ2v) is 10.2. The van der Waals surface area contributed by atoms with Crippen molar-refractivity contribution in [3.8, 4) is 0 Å². The van der Waals surface area contributed by atoms with Gasteiger partial charge in [-0.2, -0.15) is 0 Å². The molecule has 1 aromatic heterocycles. The molecule has 4 amide bonds. The van der Waals surface area contributed by atoms with Crippen molar-refractivity contribution in [2.24, 2.45) is 11.8 Å². The number of nitrogens with one attached hydrogen (secondary N) is 1. The van der Waals surface area contributed by atoms with Crippen LogP contribution in [0.1, 0.15) is 56.5 Å². The van der Waals surface area contributed by atoms with Gasteiger partial charge >= 0.3 is 6.03 Å². The number of hydrogen-bond acceptors (Lipinski definition) is 6. The number of hydrogen-bond donors (Lipinski definition) is 1. The van der Waals surface area contributed by atoms with E-state index in [4.69, 9.17) is 4.52 Å². The second kappa shape index (κ2) is 10.2. The van der Waals surface area contributed by atoms with E-state index in [1.165, 1.54) is 4.90 Å². The molecule has 1 N–H and O–H groups in total. The number of piperidine rings is 1. The first-order valence-electron chi connectivity index (χ1n) is 12.0. The molecule has 1 aromatic rings. The summed E-state index contributed by atoms with van der Waals surface area (Å²) < 4.78 is 5.19. The Balaban J connectivity index is 1.70. The molecule has 0 bridgehead atoms. The fraction of sp³-hybridized carbons (Fsp3) is 0.750. The highest BCUT2D eigenvalue weighted by Crippen LogP contribution is 2.38. The third-order valence-corrected chi connectivity index (χ3v) is 7.14. The van der Waals surface area contributed by atoms with Gasteiger partial charge in [0.1, 0.15) is 11.3 Å². The standard InChI is InChI=1S/C24H39N5O4/c1-16(2)7-10-24(22(31)29(23(32)25-24)14-13-27(5)6)19-8-11-28(12-9-19)21(30)15-20-17(3)26-33-18(20)4/h16,19H,7-15H2,1-6H3,(H,25,32). The molecule has 33 heavy (non-hydrogen) atoms. The topological polar surface area (TPSA) is 99.0 Å². The van der Waals surface area contributed by atoms with Gasteiger partial charge in [0.05, 0.1) is 12.1 Å². The van der Waals surface area contributed by atoms with Gasteiger partial charge in [-0.1, -0.05) is 19.0 Å². The van der Waals surface area contributed by atoms with Gasteiger partial charge in [0.15, 0.2) is 0 Å². The van der Waals surface area contributed by atoms with E-state index in [0.29, 0.717) is 57.1 Å². The van der Waals surface area contributed by atoms with Gasteiger partial charge in [0, 0.05) is 31.7 Å². The van der Waals surface area contributed by atoms with Crippen molar-refractivity contribution in [2.45, 2.75) is 65.3 Å². The van der Waals surface area contributed by atoms with Gasteiger partial charge < -0.3 is 19.6 Å². The van der Waals surface area contributed by atoms with E-state index in [1.807, 2.05) is 37.7 Å². The molecule has 2 aliphatic rings. The number of carbonyl (C=O) groups is 3. The average Bonchev–Trinajstić information content (AvgIpc) is 3.21. The Morgan fingerprint density at radius 1 is 1.24 bits per heavy atom. The van der Waals surface area contributed by atoms with Crippen LogP contribution in [0.4, 0.5) is 4.79 Å². The molecule has 0 spiro atoms. The maximum absolute atomic E-state index is 13.6. The predicted molar refractivity (Wildman–Crippen MR) is 125 cm³/mol. The lowest BCUT2D eigenvalue weighted by molar-refractivity contribution is -0.136. The van der Waals surface area contributed by atoms with Crippen LogP contribution in [0.5, 0.6) is 0 Å². The number of urea groups is 1. The van der Waals surface area contributed by atoms with Gasteiger partial charge in [-0.15, -0.1) is 0 Å². The zero-order chi connectivity index (χ0) is 24.3. The third-order valence-electron chi connectivity index (χ3n) is 7.14.